The maximum atomic E-state index is 12.1. The highest BCUT2D eigenvalue weighted by atomic mass is 16.2. The van der Waals surface area contributed by atoms with Gasteiger partial charge in [0.05, 0.1) is 5.71 Å². The maximum Gasteiger partial charge on any atom is 0.228 e. The molecule has 0 saturated heterocycles. The topological polar surface area (TPSA) is 44.2 Å². The van der Waals surface area contributed by atoms with Gasteiger partial charge < -0.3 is 10.3 Å². The molecule has 1 aromatic rings. The van der Waals surface area contributed by atoms with Gasteiger partial charge in [-0.1, -0.05) is 30.4 Å². The van der Waals surface area contributed by atoms with Gasteiger partial charge in [0.2, 0.25) is 5.91 Å². The molecule has 2 aliphatic rings. The number of rotatable bonds is 0. The molecule has 0 fully saturated rings. The molecule has 0 bridgehead atoms. The third-order valence-electron chi connectivity index (χ3n) is 3.71. The molecule has 1 spiro atoms. The summed E-state index contributed by atoms with van der Waals surface area (Å²) in [7, 11) is 1.81. The molecule has 0 radical (unpaired) electrons. The minimum Gasteiger partial charge on any atom is -0.315 e. The number of para-hydroxylation sites is 1. The summed E-state index contributed by atoms with van der Waals surface area (Å²) >= 11 is 0. The summed E-state index contributed by atoms with van der Waals surface area (Å²) in [6.07, 6.45) is 7.92. The van der Waals surface area contributed by atoms with Crippen LogP contribution in [-0.4, -0.2) is 18.7 Å². The number of carbonyl (C=O) groups is 1. The summed E-state index contributed by atoms with van der Waals surface area (Å²) in [6, 6.07) is 7.96. The highest BCUT2D eigenvalue weighted by molar-refractivity contribution is 6.05. The van der Waals surface area contributed by atoms with Gasteiger partial charge in [-0.25, -0.2) is 0 Å². The molecule has 1 aliphatic carbocycles. The fourth-order valence-corrected chi connectivity index (χ4v) is 2.64. The summed E-state index contributed by atoms with van der Waals surface area (Å²) in [5, 5.41) is 7.60. The number of fused-ring (bicyclic) bond motifs is 2. The second-order valence-corrected chi connectivity index (χ2v) is 4.81. The highest BCUT2D eigenvalue weighted by Gasteiger charge is 2.39. The van der Waals surface area contributed by atoms with Crippen molar-refractivity contribution in [2.24, 2.45) is 0 Å². The van der Waals surface area contributed by atoms with Gasteiger partial charge >= 0.3 is 0 Å². The summed E-state index contributed by atoms with van der Waals surface area (Å²) in [4.78, 5) is 13.8. The van der Waals surface area contributed by atoms with Gasteiger partial charge in [-0.2, -0.15) is 0 Å². The fraction of sp³-hybridized carbons (Fsp3) is 0.200. The summed E-state index contributed by atoms with van der Waals surface area (Å²) in [6.45, 7) is 0. The molecule has 0 aromatic heterocycles. The predicted molar refractivity (Wildman–Crippen MR) is 72.2 cm³/mol. The lowest BCUT2D eigenvalue weighted by molar-refractivity contribution is -0.119. The van der Waals surface area contributed by atoms with Crippen LogP contribution in [0.15, 0.2) is 48.6 Å². The van der Waals surface area contributed by atoms with Gasteiger partial charge in [0.1, 0.15) is 0 Å². The molecule has 90 valence electrons. The van der Waals surface area contributed by atoms with Crippen LogP contribution in [0.4, 0.5) is 5.69 Å². The number of allylic oxidation sites excluding steroid dienone is 4. The quantitative estimate of drug-likeness (QED) is 0.741. The van der Waals surface area contributed by atoms with Gasteiger partial charge in [0, 0.05) is 24.6 Å². The Hall–Kier alpha value is -2.16. The van der Waals surface area contributed by atoms with Crippen LogP contribution in [0.1, 0.15) is 12.0 Å². The van der Waals surface area contributed by atoms with Gasteiger partial charge in [-0.05, 0) is 23.8 Å². The molecule has 0 unspecified atom stereocenters. The standard InChI is InChI=1S/C15H14N2O/c1-17-13-5-3-2-4-12(13)15(10-14(17)18)8-6-11(16)7-9-15/h2-9,16H,10H2,1H3. The number of hydrogen-bond acceptors (Lipinski definition) is 2. The molecule has 0 saturated carbocycles. The highest BCUT2D eigenvalue weighted by Crippen LogP contribution is 2.43. The van der Waals surface area contributed by atoms with Gasteiger partial charge in [0.25, 0.3) is 0 Å². The number of carbonyl (C=O) groups excluding carboxylic acids is 1. The molecule has 0 atom stereocenters. The monoisotopic (exact) mass is 238 g/mol. The molecule has 1 aromatic carbocycles. The number of benzene rings is 1. The Morgan fingerprint density at radius 2 is 1.89 bits per heavy atom. The SMILES string of the molecule is CN1C(=O)CC2(C=CC(=N)C=C2)c2ccccc21. The van der Waals surface area contributed by atoms with Crippen LogP contribution >= 0.6 is 0 Å². The Bertz CT molecular complexity index is 582. The molecular weight excluding hydrogens is 224 g/mol. The number of anilines is 1. The van der Waals surface area contributed by atoms with Gasteiger partial charge in [-0.15, -0.1) is 0 Å². The van der Waals surface area contributed by atoms with Crippen LogP contribution in [0.3, 0.4) is 0 Å². The minimum atomic E-state index is -0.370. The van der Waals surface area contributed by atoms with Crippen molar-refractivity contribution in [1.29, 1.82) is 5.41 Å². The first kappa shape index (κ1) is 11.0. The van der Waals surface area contributed by atoms with E-state index in [0.717, 1.165) is 11.3 Å². The minimum absolute atomic E-state index is 0.108. The zero-order valence-electron chi connectivity index (χ0n) is 10.2. The largest absolute Gasteiger partial charge is 0.315 e. The van der Waals surface area contributed by atoms with Crippen molar-refractivity contribution in [1.82, 2.24) is 0 Å². The zero-order valence-corrected chi connectivity index (χ0v) is 10.2. The molecule has 18 heavy (non-hydrogen) atoms. The van der Waals surface area contributed by atoms with Crippen molar-refractivity contribution < 1.29 is 4.79 Å². The van der Waals surface area contributed by atoms with E-state index in [9.17, 15) is 4.79 Å². The Kier molecular flexibility index (Phi) is 2.23. The Balaban J connectivity index is 2.21. The van der Waals surface area contributed by atoms with Crippen LogP contribution in [0, 0.1) is 5.41 Å². The van der Waals surface area contributed by atoms with Gasteiger partial charge in [0.15, 0.2) is 0 Å². The van der Waals surface area contributed by atoms with Crippen LogP contribution in [0.2, 0.25) is 0 Å². The van der Waals surface area contributed by atoms with Crippen LogP contribution in [0.25, 0.3) is 0 Å². The van der Waals surface area contributed by atoms with Crippen molar-refractivity contribution in [3.05, 3.63) is 54.1 Å². The summed E-state index contributed by atoms with van der Waals surface area (Å²) in [5.74, 6) is 0.108. The Labute approximate surface area is 106 Å². The van der Waals surface area contributed by atoms with E-state index in [1.807, 2.05) is 37.4 Å². The first-order valence-corrected chi connectivity index (χ1v) is 5.95. The average molecular weight is 238 g/mol. The lowest BCUT2D eigenvalue weighted by atomic mass is 9.71. The molecule has 1 heterocycles. The van der Waals surface area contributed by atoms with Crippen molar-refractivity contribution in [2.75, 3.05) is 11.9 Å². The third kappa shape index (κ3) is 1.44. The van der Waals surface area contributed by atoms with E-state index in [-0.39, 0.29) is 11.3 Å². The molecule has 3 rings (SSSR count). The number of amides is 1. The summed E-state index contributed by atoms with van der Waals surface area (Å²) in [5.41, 5.74) is 2.19. The predicted octanol–water partition coefficient (Wildman–Crippen LogP) is 2.44. The van der Waals surface area contributed by atoms with E-state index in [0.29, 0.717) is 12.1 Å². The Morgan fingerprint density at radius 3 is 2.61 bits per heavy atom. The second kappa shape index (κ2) is 3.67. The van der Waals surface area contributed by atoms with E-state index in [2.05, 4.69) is 6.07 Å². The second-order valence-electron chi connectivity index (χ2n) is 4.81. The van der Waals surface area contributed by atoms with E-state index < -0.39 is 0 Å². The maximum absolute atomic E-state index is 12.1. The first-order chi connectivity index (χ1) is 8.62. The van der Waals surface area contributed by atoms with Gasteiger partial charge in [-0.3, -0.25) is 4.79 Å². The van der Waals surface area contributed by atoms with E-state index in [1.54, 1.807) is 17.1 Å². The molecule has 1 aliphatic heterocycles. The smallest absolute Gasteiger partial charge is 0.228 e. The average Bonchev–Trinajstić information content (AvgIpc) is 2.40. The van der Waals surface area contributed by atoms with Crippen molar-refractivity contribution in [2.45, 2.75) is 11.8 Å². The Morgan fingerprint density at radius 1 is 1.22 bits per heavy atom. The van der Waals surface area contributed by atoms with E-state index >= 15 is 0 Å². The van der Waals surface area contributed by atoms with Crippen molar-refractivity contribution >= 4 is 17.3 Å². The van der Waals surface area contributed by atoms with E-state index in [1.165, 1.54) is 0 Å². The molecular formula is C15H14N2O. The van der Waals surface area contributed by atoms with Crippen LogP contribution < -0.4 is 4.90 Å². The molecule has 3 nitrogen and oxygen atoms in total. The normalized spacial score (nSPS) is 25.7. The fourth-order valence-electron chi connectivity index (χ4n) is 2.64. The lowest BCUT2D eigenvalue weighted by Crippen LogP contribution is -2.41. The zero-order chi connectivity index (χ0) is 12.8. The van der Waals surface area contributed by atoms with Crippen LogP contribution in [-0.2, 0) is 10.2 Å². The molecule has 3 heteroatoms. The van der Waals surface area contributed by atoms with E-state index in [4.69, 9.17) is 5.41 Å². The lowest BCUT2D eigenvalue weighted by Gasteiger charge is -2.39. The van der Waals surface area contributed by atoms with Crippen LogP contribution in [0.5, 0.6) is 0 Å². The van der Waals surface area contributed by atoms with Crippen molar-refractivity contribution in [3.8, 4) is 0 Å². The molecule has 1 N–H and O–H groups in total. The number of nitrogens with zero attached hydrogens (tertiary/aromatic N) is 1. The first-order valence-electron chi connectivity index (χ1n) is 5.95. The third-order valence-corrected chi connectivity index (χ3v) is 3.71. The van der Waals surface area contributed by atoms with Crippen molar-refractivity contribution in [3.63, 3.8) is 0 Å². The summed E-state index contributed by atoms with van der Waals surface area (Å²) < 4.78 is 0. The molecule has 1 amide bonds. The number of hydrogen-bond donors (Lipinski definition) is 1. The number of nitrogens with one attached hydrogen (secondary N) is 1.